The lowest BCUT2D eigenvalue weighted by Gasteiger charge is -2.26. The molecule has 0 saturated carbocycles. The zero-order valence-corrected chi connectivity index (χ0v) is 20.6. The molecule has 0 radical (unpaired) electrons. The molecule has 0 spiro atoms. The highest BCUT2D eigenvalue weighted by Gasteiger charge is 2.18. The monoisotopic (exact) mass is 483 g/mol. The lowest BCUT2D eigenvalue weighted by Crippen LogP contribution is -2.33. The number of carbonyl (C=O) groups is 2. The maximum atomic E-state index is 11.7. The quantitative estimate of drug-likeness (QED) is 0.420. The number of rotatable bonds is 6. The molecule has 0 atom stereocenters. The van der Waals surface area contributed by atoms with Crippen molar-refractivity contribution in [2.75, 3.05) is 39.3 Å². The van der Waals surface area contributed by atoms with Crippen molar-refractivity contribution in [3.05, 3.63) is 57.6 Å². The molecule has 35 heavy (non-hydrogen) atoms. The van der Waals surface area contributed by atoms with Crippen molar-refractivity contribution in [3.63, 3.8) is 0 Å². The van der Waals surface area contributed by atoms with Gasteiger partial charge < -0.3 is 27.0 Å². The Hall–Kier alpha value is -3.14. The first-order valence-corrected chi connectivity index (χ1v) is 12.1. The molecule has 0 unspecified atom stereocenters. The third-order valence-electron chi connectivity index (χ3n) is 6.37. The summed E-state index contributed by atoms with van der Waals surface area (Å²) in [6.07, 6.45) is 1.83. The Bertz CT molecular complexity index is 989. The smallest absolute Gasteiger partial charge is 0.252 e. The number of amides is 2. The molecule has 0 aliphatic carbocycles. The van der Waals surface area contributed by atoms with Crippen LogP contribution in [0.4, 0.5) is 0 Å². The summed E-state index contributed by atoms with van der Waals surface area (Å²) in [4.78, 5) is 28.0. The van der Waals surface area contributed by atoms with Gasteiger partial charge in [-0.05, 0) is 76.1 Å². The molecule has 190 valence electrons. The van der Waals surface area contributed by atoms with E-state index >= 15 is 0 Å². The standard InChI is InChI=1S/C26H37N5O4/c1-17-11-19(23(32)21(13-17)25(27)34)15-30-7-3-5-29-6-10-31(9-4-8-30)16-20-12-18(2)14-22(24(20)33)26(28)35/h11-14,29,32-33H,3-10,15-16H2,1-2H3,(H2,27,34)(H2,28,35). The molecule has 1 heterocycles. The number of nitrogens with zero attached hydrogens (tertiary/aromatic N) is 2. The summed E-state index contributed by atoms with van der Waals surface area (Å²) < 4.78 is 0. The van der Waals surface area contributed by atoms with Crippen LogP contribution in [0.2, 0.25) is 0 Å². The number of phenols is 2. The molecule has 2 aromatic carbocycles. The fraction of sp³-hybridized carbons (Fsp3) is 0.462. The van der Waals surface area contributed by atoms with Gasteiger partial charge in [-0.2, -0.15) is 0 Å². The van der Waals surface area contributed by atoms with Crippen molar-refractivity contribution < 1.29 is 19.8 Å². The molecule has 1 saturated heterocycles. The van der Waals surface area contributed by atoms with Crippen molar-refractivity contribution in [1.29, 1.82) is 0 Å². The zero-order chi connectivity index (χ0) is 25.5. The fourth-order valence-electron chi connectivity index (χ4n) is 4.65. The largest absolute Gasteiger partial charge is 0.507 e. The first kappa shape index (κ1) is 26.5. The van der Waals surface area contributed by atoms with Crippen molar-refractivity contribution in [3.8, 4) is 11.5 Å². The summed E-state index contributed by atoms with van der Waals surface area (Å²) in [6.45, 7) is 9.73. The van der Waals surface area contributed by atoms with E-state index in [4.69, 9.17) is 11.5 Å². The topological polar surface area (TPSA) is 145 Å². The molecule has 1 aliphatic rings. The molecule has 3 rings (SSSR count). The van der Waals surface area contributed by atoms with Gasteiger partial charge in [-0.25, -0.2) is 0 Å². The minimum absolute atomic E-state index is 0.0441. The summed E-state index contributed by atoms with van der Waals surface area (Å²) >= 11 is 0. The summed E-state index contributed by atoms with van der Waals surface area (Å²) in [7, 11) is 0. The Morgan fingerprint density at radius 1 is 0.771 bits per heavy atom. The second-order valence-corrected chi connectivity index (χ2v) is 9.38. The van der Waals surface area contributed by atoms with Gasteiger partial charge in [0.25, 0.3) is 11.8 Å². The van der Waals surface area contributed by atoms with Crippen LogP contribution in [-0.2, 0) is 13.1 Å². The molecule has 1 fully saturated rings. The number of nitrogens with two attached hydrogens (primary N) is 2. The van der Waals surface area contributed by atoms with E-state index in [1.165, 1.54) is 0 Å². The average Bonchev–Trinajstić information content (AvgIpc) is 2.83. The van der Waals surface area contributed by atoms with E-state index in [0.717, 1.165) is 63.2 Å². The van der Waals surface area contributed by atoms with Crippen LogP contribution in [0.3, 0.4) is 0 Å². The molecule has 2 amide bonds. The second-order valence-electron chi connectivity index (χ2n) is 9.38. The van der Waals surface area contributed by atoms with Gasteiger partial charge in [0.15, 0.2) is 0 Å². The van der Waals surface area contributed by atoms with Gasteiger partial charge in [-0.1, -0.05) is 12.1 Å². The minimum atomic E-state index is -0.638. The number of hydrogen-bond donors (Lipinski definition) is 5. The number of benzene rings is 2. The summed E-state index contributed by atoms with van der Waals surface area (Å²) in [5.41, 5.74) is 14.3. The molecule has 9 heteroatoms. The number of aryl methyl sites for hydroxylation is 2. The Labute approximate surface area is 206 Å². The van der Waals surface area contributed by atoms with Crippen LogP contribution in [0.1, 0.15) is 55.8 Å². The van der Waals surface area contributed by atoms with Gasteiger partial charge in [0, 0.05) is 37.3 Å². The van der Waals surface area contributed by atoms with Gasteiger partial charge >= 0.3 is 0 Å². The van der Waals surface area contributed by atoms with Crippen LogP contribution in [0.5, 0.6) is 11.5 Å². The number of nitrogens with one attached hydrogen (secondary N) is 1. The first-order chi connectivity index (χ1) is 16.7. The fourth-order valence-corrected chi connectivity index (χ4v) is 4.65. The molecular formula is C26H37N5O4. The third kappa shape index (κ3) is 7.17. The molecule has 2 aromatic rings. The molecule has 1 aliphatic heterocycles. The maximum Gasteiger partial charge on any atom is 0.252 e. The van der Waals surface area contributed by atoms with Crippen LogP contribution in [-0.4, -0.2) is 71.1 Å². The van der Waals surface area contributed by atoms with Crippen LogP contribution in [0, 0.1) is 13.8 Å². The van der Waals surface area contributed by atoms with E-state index in [-0.39, 0.29) is 22.6 Å². The van der Waals surface area contributed by atoms with Gasteiger partial charge in [0.1, 0.15) is 11.5 Å². The normalized spacial score (nSPS) is 16.5. The Morgan fingerprint density at radius 3 is 1.71 bits per heavy atom. The Morgan fingerprint density at radius 2 is 1.23 bits per heavy atom. The highest BCUT2D eigenvalue weighted by Crippen LogP contribution is 2.27. The van der Waals surface area contributed by atoms with Crippen LogP contribution < -0.4 is 16.8 Å². The van der Waals surface area contributed by atoms with E-state index in [2.05, 4.69) is 15.1 Å². The van der Waals surface area contributed by atoms with Gasteiger partial charge in [-0.3, -0.25) is 19.4 Å². The van der Waals surface area contributed by atoms with E-state index in [0.29, 0.717) is 24.2 Å². The number of primary amides is 2. The highest BCUT2D eigenvalue weighted by atomic mass is 16.3. The maximum absolute atomic E-state index is 11.7. The Balaban J connectivity index is 1.72. The summed E-state index contributed by atoms with van der Waals surface area (Å²) in [5.74, 6) is -1.37. The van der Waals surface area contributed by atoms with Crippen LogP contribution in [0.15, 0.2) is 24.3 Å². The zero-order valence-electron chi connectivity index (χ0n) is 20.6. The number of carbonyl (C=O) groups excluding carboxylic acids is 2. The lowest BCUT2D eigenvalue weighted by molar-refractivity contribution is 0.0988. The molecular weight excluding hydrogens is 446 g/mol. The average molecular weight is 484 g/mol. The number of hydrogen-bond acceptors (Lipinski definition) is 7. The molecule has 9 nitrogen and oxygen atoms in total. The highest BCUT2D eigenvalue weighted by molar-refractivity contribution is 5.96. The van der Waals surface area contributed by atoms with Gasteiger partial charge in [-0.15, -0.1) is 0 Å². The van der Waals surface area contributed by atoms with E-state index in [1.807, 2.05) is 26.0 Å². The lowest BCUT2D eigenvalue weighted by atomic mass is 10.0. The first-order valence-electron chi connectivity index (χ1n) is 12.1. The summed E-state index contributed by atoms with van der Waals surface area (Å²) in [6, 6.07) is 7.01. The van der Waals surface area contributed by atoms with Gasteiger partial charge in [0.05, 0.1) is 11.1 Å². The summed E-state index contributed by atoms with van der Waals surface area (Å²) in [5, 5.41) is 24.7. The number of aromatic hydroxyl groups is 2. The SMILES string of the molecule is Cc1cc(CN2CCCNCCN(Cc3cc(C)cc(C(N)=O)c3O)CCC2)c(O)c(C(N)=O)c1. The Kier molecular flexibility index (Phi) is 9.08. The van der Waals surface area contributed by atoms with Crippen LogP contribution >= 0.6 is 0 Å². The molecule has 7 N–H and O–H groups in total. The van der Waals surface area contributed by atoms with Crippen molar-refractivity contribution in [1.82, 2.24) is 15.1 Å². The third-order valence-corrected chi connectivity index (χ3v) is 6.37. The van der Waals surface area contributed by atoms with Crippen molar-refractivity contribution in [2.24, 2.45) is 11.5 Å². The molecule has 0 aromatic heterocycles. The predicted molar refractivity (Wildman–Crippen MR) is 135 cm³/mol. The molecule has 0 bridgehead atoms. The van der Waals surface area contributed by atoms with Gasteiger partial charge in [0.2, 0.25) is 0 Å². The van der Waals surface area contributed by atoms with E-state index < -0.39 is 11.8 Å². The van der Waals surface area contributed by atoms with Crippen LogP contribution in [0.25, 0.3) is 0 Å². The van der Waals surface area contributed by atoms with E-state index in [1.54, 1.807) is 12.1 Å². The van der Waals surface area contributed by atoms with Crippen molar-refractivity contribution >= 4 is 11.8 Å². The second kappa shape index (κ2) is 12.0. The minimum Gasteiger partial charge on any atom is -0.507 e. The van der Waals surface area contributed by atoms with Crippen molar-refractivity contribution in [2.45, 2.75) is 39.8 Å². The van der Waals surface area contributed by atoms with E-state index in [9.17, 15) is 19.8 Å². The predicted octanol–water partition coefficient (Wildman–Crippen LogP) is 1.60.